The summed E-state index contributed by atoms with van der Waals surface area (Å²) in [7, 11) is 0. The van der Waals surface area contributed by atoms with Gasteiger partial charge in [-0.3, -0.25) is 4.90 Å². The van der Waals surface area contributed by atoms with Crippen LogP contribution in [0.5, 0.6) is 0 Å². The smallest absolute Gasteiger partial charge is 0.141 e. The van der Waals surface area contributed by atoms with Gasteiger partial charge in [-0.25, -0.2) is 14.4 Å². The number of nitrogens with two attached hydrogens (primary N) is 1. The second-order valence-corrected chi connectivity index (χ2v) is 8.25. The normalized spacial score (nSPS) is 14.8. The van der Waals surface area contributed by atoms with Gasteiger partial charge in [-0.05, 0) is 44.2 Å². The molecule has 1 aromatic heterocycles. The fourth-order valence-corrected chi connectivity index (χ4v) is 3.64. The topological polar surface area (TPSA) is 76.3 Å². The molecule has 6 nitrogen and oxygen atoms in total. The van der Waals surface area contributed by atoms with Crippen molar-refractivity contribution >= 4 is 39.7 Å². The number of hydrogen-bond acceptors (Lipinski definition) is 6. The van der Waals surface area contributed by atoms with Crippen molar-refractivity contribution in [1.82, 2.24) is 14.9 Å². The van der Waals surface area contributed by atoms with Crippen molar-refractivity contribution in [1.29, 1.82) is 0 Å². The highest BCUT2D eigenvalue weighted by Gasteiger charge is 2.26. The van der Waals surface area contributed by atoms with Crippen LogP contribution in [0.15, 0.2) is 36.7 Å². The number of nitrogens with one attached hydrogen (secondary N) is 1. The lowest BCUT2D eigenvalue weighted by Crippen LogP contribution is -2.49. The number of aromatic nitrogens is 2. The van der Waals surface area contributed by atoms with E-state index in [0.717, 1.165) is 31.7 Å². The molecule has 0 unspecified atom stereocenters. The Labute approximate surface area is 185 Å². The van der Waals surface area contributed by atoms with Crippen molar-refractivity contribution < 1.29 is 9.13 Å². The van der Waals surface area contributed by atoms with E-state index in [1.54, 1.807) is 12.1 Å². The maximum Gasteiger partial charge on any atom is 0.141 e. The summed E-state index contributed by atoms with van der Waals surface area (Å²) in [5, 5.41) is 3.91. The molecule has 0 atom stereocenters. The van der Waals surface area contributed by atoms with E-state index >= 15 is 0 Å². The van der Waals surface area contributed by atoms with Crippen LogP contribution >= 0.6 is 11.6 Å². The number of nitrogen functional groups attached to an aromatic ring is 1. The van der Waals surface area contributed by atoms with Gasteiger partial charge in [0.25, 0.3) is 0 Å². The van der Waals surface area contributed by atoms with E-state index in [1.165, 1.54) is 18.5 Å². The number of ether oxygens (including phenoxy) is 1. The third kappa shape index (κ3) is 4.72. The Morgan fingerprint density at radius 1 is 1.19 bits per heavy atom. The quantitative estimate of drug-likeness (QED) is 0.470. The van der Waals surface area contributed by atoms with Gasteiger partial charge in [-0.2, -0.15) is 0 Å². The second kappa shape index (κ2) is 8.67. The van der Waals surface area contributed by atoms with Crippen molar-refractivity contribution in [2.75, 3.05) is 37.4 Å². The third-order valence-corrected chi connectivity index (χ3v) is 5.58. The summed E-state index contributed by atoms with van der Waals surface area (Å²) < 4.78 is 18.9. The largest absolute Gasteiger partial charge is 0.398 e. The zero-order valence-electron chi connectivity index (χ0n) is 17.4. The summed E-state index contributed by atoms with van der Waals surface area (Å²) in [5.41, 5.74) is 8.57. The van der Waals surface area contributed by atoms with Crippen LogP contribution in [0, 0.1) is 17.7 Å². The van der Waals surface area contributed by atoms with Crippen molar-refractivity contribution in [3.8, 4) is 11.8 Å². The highest BCUT2D eigenvalue weighted by molar-refractivity contribution is 6.31. The zero-order valence-corrected chi connectivity index (χ0v) is 18.1. The van der Waals surface area contributed by atoms with Gasteiger partial charge in [0, 0.05) is 35.4 Å². The molecule has 0 bridgehead atoms. The molecule has 0 amide bonds. The first kappa shape index (κ1) is 21.3. The van der Waals surface area contributed by atoms with Gasteiger partial charge in [0.05, 0.1) is 29.3 Å². The lowest BCUT2D eigenvalue weighted by Gasteiger charge is -2.37. The second-order valence-electron chi connectivity index (χ2n) is 7.84. The molecule has 1 saturated heterocycles. The van der Waals surface area contributed by atoms with Gasteiger partial charge in [-0.15, -0.1) is 0 Å². The molecular formula is C23H23ClFN5O. The average Bonchev–Trinajstić information content (AvgIpc) is 2.76. The highest BCUT2D eigenvalue weighted by atomic mass is 35.5. The first-order chi connectivity index (χ1) is 14.8. The van der Waals surface area contributed by atoms with Crippen LogP contribution in [0.2, 0.25) is 5.02 Å². The minimum absolute atomic E-state index is 0.0309. The molecule has 8 heteroatoms. The molecule has 1 aliphatic heterocycles. The van der Waals surface area contributed by atoms with E-state index in [1.807, 2.05) is 6.07 Å². The van der Waals surface area contributed by atoms with E-state index in [2.05, 4.69) is 45.9 Å². The molecular weight excluding hydrogens is 417 g/mol. The molecule has 0 radical (unpaired) electrons. The van der Waals surface area contributed by atoms with Gasteiger partial charge in [0.2, 0.25) is 0 Å². The summed E-state index contributed by atoms with van der Waals surface area (Å²) in [6.45, 7) is 7.33. The van der Waals surface area contributed by atoms with Crippen LogP contribution in [0.1, 0.15) is 19.4 Å². The molecule has 0 saturated carbocycles. The summed E-state index contributed by atoms with van der Waals surface area (Å²) in [6, 6.07) is 8.05. The zero-order chi connectivity index (χ0) is 22.0. The maximum absolute atomic E-state index is 13.4. The predicted molar refractivity (Wildman–Crippen MR) is 122 cm³/mol. The predicted octanol–water partition coefficient (Wildman–Crippen LogP) is 4.21. The fourth-order valence-electron chi connectivity index (χ4n) is 3.46. The number of anilines is 3. The highest BCUT2D eigenvalue weighted by Crippen LogP contribution is 2.28. The molecule has 1 aliphatic rings. The van der Waals surface area contributed by atoms with E-state index in [-0.39, 0.29) is 10.6 Å². The van der Waals surface area contributed by atoms with Crippen molar-refractivity contribution in [3.63, 3.8) is 0 Å². The molecule has 0 spiro atoms. The lowest BCUT2D eigenvalue weighted by molar-refractivity contribution is 0.00739. The summed E-state index contributed by atoms with van der Waals surface area (Å²) in [6.07, 6.45) is 1.46. The Kier molecular flexibility index (Phi) is 5.96. The van der Waals surface area contributed by atoms with Crippen molar-refractivity contribution in [3.05, 3.63) is 53.1 Å². The maximum atomic E-state index is 13.4. The van der Waals surface area contributed by atoms with Gasteiger partial charge >= 0.3 is 0 Å². The minimum atomic E-state index is -0.479. The molecule has 160 valence electrons. The van der Waals surface area contributed by atoms with Crippen LogP contribution in [-0.2, 0) is 4.74 Å². The lowest BCUT2D eigenvalue weighted by atomic mass is 10.0. The molecule has 31 heavy (non-hydrogen) atoms. The standard InChI is InChI=1S/C23H23ClFN5O/c1-23(2,30-7-9-31-10-8-30)6-5-15-11-21-17(13-20(15)26)22(28-14-27-21)29-16-3-4-19(25)18(24)12-16/h3-4,11-14H,7-10,26H2,1-2H3,(H,27,28,29). The first-order valence-electron chi connectivity index (χ1n) is 9.96. The number of halogens is 2. The molecule has 3 aromatic rings. The Morgan fingerprint density at radius 2 is 1.97 bits per heavy atom. The fraction of sp³-hybridized carbons (Fsp3) is 0.304. The number of nitrogens with zero attached hydrogens (tertiary/aromatic N) is 3. The van der Waals surface area contributed by atoms with Crippen molar-refractivity contribution in [2.24, 2.45) is 0 Å². The van der Waals surface area contributed by atoms with E-state index in [9.17, 15) is 4.39 Å². The molecule has 2 heterocycles. The number of fused-ring (bicyclic) bond motifs is 1. The molecule has 4 rings (SSSR count). The number of rotatable bonds is 3. The average molecular weight is 440 g/mol. The molecule has 3 N–H and O–H groups in total. The first-order valence-corrected chi connectivity index (χ1v) is 10.3. The van der Waals surface area contributed by atoms with Gasteiger partial charge in [-0.1, -0.05) is 23.4 Å². The van der Waals surface area contributed by atoms with Crippen LogP contribution in [0.3, 0.4) is 0 Å². The van der Waals surface area contributed by atoms with Crippen molar-refractivity contribution in [2.45, 2.75) is 19.4 Å². The molecule has 0 aliphatic carbocycles. The Bertz CT molecular complexity index is 1180. The van der Waals surface area contributed by atoms with Gasteiger partial charge in [0.1, 0.15) is 18.0 Å². The summed E-state index contributed by atoms with van der Waals surface area (Å²) in [4.78, 5) is 11.0. The van der Waals surface area contributed by atoms with E-state index in [0.29, 0.717) is 28.3 Å². The number of morpholine rings is 1. The molecule has 1 fully saturated rings. The van der Waals surface area contributed by atoms with E-state index < -0.39 is 5.82 Å². The summed E-state index contributed by atoms with van der Waals surface area (Å²) in [5.74, 6) is 6.64. The van der Waals surface area contributed by atoms with Crippen LogP contribution in [0.25, 0.3) is 10.9 Å². The number of benzene rings is 2. The van der Waals surface area contributed by atoms with Gasteiger partial charge in [0.15, 0.2) is 0 Å². The van der Waals surface area contributed by atoms with Crippen LogP contribution in [0.4, 0.5) is 21.6 Å². The minimum Gasteiger partial charge on any atom is -0.398 e. The van der Waals surface area contributed by atoms with Crippen LogP contribution in [-0.4, -0.2) is 46.7 Å². The SMILES string of the molecule is CC(C)(C#Cc1cc2ncnc(Nc3ccc(F)c(Cl)c3)c2cc1N)N1CCOCC1. The third-order valence-electron chi connectivity index (χ3n) is 5.29. The van der Waals surface area contributed by atoms with E-state index in [4.69, 9.17) is 22.1 Å². The Hall–Kier alpha value is -2.92. The summed E-state index contributed by atoms with van der Waals surface area (Å²) >= 11 is 5.88. The Balaban J connectivity index is 1.65. The Morgan fingerprint density at radius 3 is 2.71 bits per heavy atom. The number of hydrogen-bond donors (Lipinski definition) is 2. The molecule has 2 aromatic carbocycles. The van der Waals surface area contributed by atoms with Gasteiger partial charge < -0.3 is 15.8 Å². The van der Waals surface area contributed by atoms with Crippen LogP contribution < -0.4 is 11.1 Å². The monoisotopic (exact) mass is 439 g/mol.